The first-order valence-corrected chi connectivity index (χ1v) is 8.91. The highest BCUT2D eigenvalue weighted by atomic mass is 19.4. The molecule has 6 nitrogen and oxygen atoms in total. The Morgan fingerprint density at radius 2 is 2.07 bits per heavy atom. The second-order valence-electron chi connectivity index (χ2n) is 6.80. The van der Waals surface area contributed by atoms with Gasteiger partial charge in [-0.2, -0.15) is 13.2 Å². The fourth-order valence-electron chi connectivity index (χ4n) is 3.26. The van der Waals surface area contributed by atoms with E-state index in [1.165, 1.54) is 12.3 Å². The summed E-state index contributed by atoms with van der Waals surface area (Å²) in [6.45, 7) is 2.83. The van der Waals surface area contributed by atoms with Crippen LogP contribution in [0.1, 0.15) is 40.9 Å². The van der Waals surface area contributed by atoms with Gasteiger partial charge in [0.15, 0.2) is 5.65 Å². The number of alkyl halides is 3. The van der Waals surface area contributed by atoms with E-state index in [0.29, 0.717) is 33.6 Å². The van der Waals surface area contributed by atoms with Gasteiger partial charge in [-0.1, -0.05) is 12.1 Å². The molecule has 0 saturated carbocycles. The first kappa shape index (κ1) is 20.7. The molecular weight excluding hydrogens is 387 g/mol. The fourth-order valence-corrected chi connectivity index (χ4v) is 3.26. The lowest BCUT2D eigenvalue weighted by Crippen LogP contribution is -2.16. The number of hydrogen-bond acceptors (Lipinski definition) is 4. The van der Waals surface area contributed by atoms with Crippen molar-refractivity contribution in [1.82, 2.24) is 9.38 Å². The van der Waals surface area contributed by atoms with Crippen LogP contribution in [0.25, 0.3) is 16.8 Å². The van der Waals surface area contributed by atoms with Crippen molar-refractivity contribution in [2.24, 2.45) is 0 Å². The monoisotopic (exact) mass is 407 g/mol. The van der Waals surface area contributed by atoms with E-state index in [4.69, 9.17) is 0 Å². The number of hydrogen-bond donors (Lipinski definition) is 3. The molecule has 3 N–H and O–H groups in total. The van der Waals surface area contributed by atoms with Gasteiger partial charge < -0.3 is 19.9 Å². The summed E-state index contributed by atoms with van der Waals surface area (Å²) in [7, 11) is 0. The lowest BCUT2D eigenvalue weighted by atomic mass is 9.94. The summed E-state index contributed by atoms with van der Waals surface area (Å²) < 4.78 is 39.6. The van der Waals surface area contributed by atoms with Crippen molar-refractivity contribution >= 4 is 17.3 Å². The van der Waals surface area contributed by atoms with Gasteiger partial charge in [-0.3, -0.25) is 0 Å². The number of nitrogens with zero attached hydrogens (tertiary/aromatic N) is 2. The molecule has 0 fully saturated rings. The topological polar surface area (TPSA) is 86.9 Å². The molecule has 3 aromatic rings. The van der Waals surface area contributed by atoms with Crippen LogP contribution in [0.2, 0.25) is 0 Å². The molecule has 0 aliphatic rings. The van der Waals surface area contributed by atoms with E-state index in [2.05, 4.69) is 10.3 Å². The molecule has 0 aliphatic heterocycles. The van der Waals surface area contributed by atoms with Crippen LogP contribution in [-0.4, -0.2) is 38.3 Å². The van der Waals surface area contributed by atoms with Crippen LogP contribution in [0, 0.1) is 6.92 Å². The van der Waals surface area contributed by atoms with Gasteiger partial charge in [0, 0.05) is 36.3 Å². The van der Waals surface area contributed by atoms with E-state index < -0.39 is 24.7 Å². The number of rotatable bonds is 6. The summed E-state index contributed by atoms with van der Waals surface area (Å²) in [5.74, 6) is -1.07. The summed E-state index contributed by atoms with van der Waals surface area (Å²) in [5.41, 5.74) is 2.92. The predicted molar refractivity (Wildman–Crippen MR) is 102 cm³/mol. The SMILES string of the molecule is Cc1cc(-c2c(C(C)O)cn3ccnc3c2NCCC(F)(F)F)ccc1C(=O)O. The Hall–Kier alpha value is -3.07. The number of aliphatic hydroxyl groups is 1. The van der Waals surface area contributed by atoms with Gasteiger partial charge in [-0.05, 0) is 31.0 Å². The van der Waals surface area contributed by atoms with E-state index in [0.717, 1.165) is 0 Å². The van der Waals surface area contributed by atoms with Crippen molar-refractivity contribution in [3.8, 4) is 11.1 Å². The number of pyridine rings is 1. The van der Waals surface area contributed by atoms with Crippen LogP contribution < -0.4 is 5.32 Å². The Morgan fingerprint density at radius 3 is 2.66 bits per heavy atom. The Balaban J connectivity index is 2.20. The minimum Gasteiger partial charge on any atom is -0.478 e. The van der Waals surface area contributed by atoms with Crippen molar-refractivity contribution in [1.29, 1.82) is 0 Å². The van der Waals surface area contributed by atoms with E-state index in [1.807, 2.05) is 0 Å². The number of halogens is 3. The maximum absolute atomic E-state index is 12.7. The maximum Gasteiger partial charge on any atom is 0.390 e. The Kier molecular flexibility index (Phi) is 5.52. The van der Waals surface area contributed by atoms with E-state index in [-0.39, 0.29) is 12.1 Å². The van der Waals surface area contributed by atoms with Crippen LogP contribution in [0.5, 0.6) is 0 Å². The lowest BCUT2D eigenvalue weighted by molar-refractivity contribution is -0.131. The van der Waals surface area contributed by atoms with Gasteiger partial charge in [0.1, 0.15) is 0 Å². The number of imidazole rings is 1. The molecule has 2 heterocycles. The maximum atomic E-state index is 12.7. The predicted octanol–water partition coefficient (Wildman–Crippen LogP) is 4.43. The molecule has 0 spiro atoms. The third kappa shape index (κ3) is 4.34. The van der Waals surface area contributed by atoms with E-state index in [1.54, 1.807) is 42.8 Å². The van der Waals surface area contributed by atoms with Crippen molar-refractivity contribution < 1.29 is 28.2 Å². The van der Waals surface area contributed by atoms with Crippen molar-refractivity contribution in [3.05, 3.63) is 53.5 Å². The largest absolute Gasteiger partial charge is 0.478 e. The van der Waals surface area contributed by atoms with Gasteiger partial charge in [0.2, 0.25) is 0 Å². The number of anilines is 1. The number of aromatic carboxylic acids is 1. The minimum absolute atomic E-state index is 0.126. The average molecular weight is 407 g/mol. The number of aliphatic hydroxyl groups excluding tert-OH is 1. The Morgan fingerprint density at radius 1 is 1.34 bits per heavy atom. The summed E-state index contributed by atoms with van der Waals surface area (Å²) in [6.07, 6.45) is -1.45. The molecular formula is C20H20F3N3O3. The number of fused-ring (bicyclic) bond motifs is 1. The third-order valence-electron chi connectivity index (χ3n) is 4.61. The van der Waals surface area contributed by atoms with Crippen LogP contribution in [0.15, 0.2) is 36.8 Å². The van der Waals surface area contributed by atoms with Crippen LogP contribution in [-0.2, 0) is 0 Å². The summed E-state index contributed by atoms with van der Waals surface area (Å²) in [6, 6.07) is 4.65. The smallest absolute Gasteiger partial charge is 0.390 e. The molecule has 0 bridgehead atoms. The number of nitrogens with one attached hydrogen (secondary N) is 1. The van der Waals surface area contributed by atoms with Crippen LogP contribution in [0.3, 0.4) is 0 Å². The lowest BCUT2D eigenvalue weighted by Gasteiger charge is -2.20. The molecule has 9 heteroatoms. The molecule has 29 heavy (non-hydrogen) atoms. The molecule has 0 amide bonds. The average Bonchev–Trinajstić information content (AvgIpc) is 3.08. The highest BCUT2D eigenvalue weighted by molar-refractivity contribution is 5.93. The summed E-state index contributed by atoms with van der Waals surface area (Å²) in [5, 5.41) is 22.4. The second kappa shape index (κ2) is 7.75. The van der Waals surface area contributed by atoms with E-state index >= 15 is 0 Å². The number of benzene rings is 1. The molecule has 3 rings (SSSR count). The van der Waals surface area contributed by atoms with Crippen molar-refractivity contribution in [2.45, 2.75) is 32.5 Å². The Bertz CT molecular complexity index is 1060. The number of aryl methyl sites for hydroxylation is 1. The van der Waals surface area contributed by atoms with Crippen LogP contribution >= 0.6 is 0 Å². The van der Waals surface area contributed by atoms with Gasteiger partial charge in [-0.25, -0.2) is 9.78 Å². The first-order chi connectivity index (χ1) is 13.6. The van der Waals surface area contributed by atoms with Gasteiger partial charge >= 0.3 is 12.1 Å². The van der Waals surface area contributed by atoms with Crippen molar-refractivity contribution in [2.75, 3.05) is 11.9 Å². The molecule has 2 aromatic heterocycles. The molecule has 0 aliphatic carbocycles. The van der Waals surface area contributed by atoms with Gasteiger partial charge in [0.05, 0.1) is 23.8 Å². The number of carboxylic acids is 1. The van der Waals surface area contributed by atoms with Gasteiger partial charge in [0.25, 0.3) is 0 Å². The van der Waals surface area contributed by atoms with Gasteiger partial charge in [-0.15, -0.1) is 0 Å². The molecule has 1 aromatic carbocycles. The van der Waals surface area contributed by atoms with Crippen molar-refractivity contribution in [3.63, 3.8) is 0 Å². The molecule has 154 valence electrons. The normalized spacial score (nSPS) is 12.9. The molecule has 1 unspecified atom stereocenters. The quantitative estimate of drug-likeness (QED) is 0.563. The van der Waals surface area contributed by atoms with E-state index in [9.17, 15) is 28.2 Å². The van der Waals surface area contributed by atoms with Crippen LogP contribution in [0.4, 0.5) is 18.9 Å². The molecule has 1 atom stereocenters. The minimum atomic E-state index is -4.32. The first-order valence-electron chi connectivity index (χ1n) is 8.91. The number of carbonyl (C=O) groups is 1. The molecule has 0 radical (unpaired) electrons. The Labute approximate surface area is 164 Å². The third-order valence-corrected chi connectivity index (χ3v) is 4.61. The second-order valence-corrected chi connectivity index (χ2v) is 6.80. The summed E-state index contributed by atoms with van der Waals surface area (Å²) >= 11 is 0. The molecule has 0 saturated heterocycles. The number of carboxylic acid groups (broad SMARTS) is 1. The summed E-state index contributed by atoms with van der Waals surface area (Å²) in [4.78, 5) is 15.5. The zero-order valence-electron chi connectivity index (χ0n) is 15.8. The highest BCUT2D eigenvalue weighted by Gasteiger charge is 2.27. The zero-order valence-corrected chi connectivity index (χ0v) is 15.8. The fraction of sp³-hybridized carbons (Fsp3) is 0.300. The standard InChI is InChI=1S/C20H20F3N3O3/c1-11-9-13(3-4-14(11)19(28)29)16-15(12(2)27)10-26-8-7-25-18(26)17(16)24-6-5-20(21,22)23/h3-4,7-10,12,24,27H,5-6H2,1-2H3,(H,28,29). The zero-order chi connectivity index (χ0) is 21.3. The number of aromatic nitrogens is 2. The highest BCUT2D eigenvalue weighted by Crippen LogP contribution is 2.38.